The molecule has 0 aromatic heterocycles. The van der Waals surface area contributed by atoms with Crippen molar-refractivity contribution in [2.45, 2.75) is 12.5 Å². The number of hydrogen-bond acceptors (Lipinski definition) is 1. The molecule has 0 aliphatic heterocycles. The van der Waals surface area contributed by atoms with Gasteiger partial charge in [0.05, 0.1) is 6.10 Å². The first-order valence-electron chi connectivity index (χ1n) is 3.71. The van der Waals surface area contributed by atoms with Gasteiger partial charge < -0.3 is 5.11 Å². The predicted molar refractivity (Wildman–Crippen MR) is 54.6 cm³/mol. The van der Waals surface area contributed by atoms with Crippen LogP contribution in [0.5, 0.6) is 0 Å². The van der Waals surface area contributed by atoms with Crippen molar-refractivity contribution in [1.82, 2.24) is 0 Å². The third kappa shape index (κ3) is 3.13. The van der Waals surface area contributed by atoms with E-state index < -0.39 is 6.10 Å². The summed E-state index contributed by atoms with van der Waals surface area (Å²) < 4.78 is 1.05. The minimum atomic E-state index is -0.437. The summed E-state index contributed by atoms with van der Waals surface area (Å²) in [5.41, 5.74) is 1.10. The smallest absolute Gasteiger partial charge is 0.0715 e. The van der Waals surface area contributed by atoms with E-state index in [1.54, 1.807) is 0 Å². The molecular formula is C9H10BrClO. The fraction of sp³-hybridized carbons (Fsp3) is 0.333. The van der Waals surface area contributed by atoms with Gasteiger partial charge in [-0.05, 0) is 24.1 Å². The van der Waals surface area contributed by atoms with Crippen LogP contribution < -0.4 is 0 Å². The van der Waals surface area contributed by atoms with Gasteiger partial charge in [-0.3, -0.25) is 0 Å². The second-order valence-electron chi connectivity index (χ2n) is 2.64. The lowest BCUT2D eigenvalue weighted by Gasteiger charge is -2.05. The second-order valence-corrected chi connectivity index (χ2v) is 3.86. The van der Waals surface area contributed by atoms with E-state index in [9.17, 15) is 5.11 Å². The third-order valence-corrected chi connectivity index (χ3v) is 2.45. The molecule has 0 saturated heterocycles. The Morgan fingerprint density at radius 3 is 2.42 bits per heavy atom. The molecule has 1 rings (SSSR count). The van der Waals surface area contributed by atoms with E-state index in [4.69, 9.17) is 11.6 Å². The van der Waals surface area contributed by atoms with Crippen molar-refractivity contribution in [3.05, 3.63) is 34.3 Å². The standard InChI is InChI=1S/C9H10BrClO/c10-8-3-1-7(2-4-8)5-9(12)6-11/h1-4,9,12H,5-6H2/t9-/m1/s1. The van der Waals surface area contributed by atoms with Crippen LogP contribution in [0.2, 0.25) is 0 Å². The van der Waals surface area contributed by atoms with Crippen molar-refractivity contribution in [2.24, 2.45) is 0 Å². The minimum absolute atomic E-state index is 0.288. The van der Waals surface area contributed by atoms with E-state index in [1.165, 1.54) is 0 Å². The van der Waals surface area contributed by atoms with E-state index in [2.05, 4.69) is 15.9 Å². The van der Waals surface area contributed by atoms with Crippen LogP contribution in [-0.2, 0) is 6.42 Å². The lowest BCUT2D eigenvalue weighted by Crippen LogP contribution is -2.11. The number of halogens is 2. The Balaban J connectivity index is 2.58. The van der Waals surface area contributed by atoms with E-state index in [0.29, 0.717) is 6.42 Å². The van der Waals surface area contributed by atoms with Gasteiger partial charge in [-0.15, -0.1) is 11.6 Å². The molecule has 0 aliphatic carbocycles. The maximum atomic E-state index is 9.24. The van der Waals surface area contributed by atoms with Gasteiger partial charge in [-0.1, -0.05) is 28.1 Å². The molecule has 0 aliphatic rings. The number of rotatable bonds is 3. The second kappa shape index (κ2) is 4.85. The summed E-state index contributed by atoms with van der Waals surface area (Å²) in [6, 6.07) is 7.85. The summed E-state index contributed by atoms with van der Waals surface area (Å²) in [4.78, 5) is 0. The molecule has 0 fully saturated rings. The highest BCUT2D eigenvalue weighted by atomic mass is 79.9. The van der Waals surface area contributed by atoms with Crippen LogP contribution in [0.3, 0.4) is 0 Å². The van der Waals surface area contributed by atoms with Crippen LogP contribution in [0.15, 0.2) is 28.7 Å². The molecule has 0 heterocycles. The molecule has 1 aromatic carbocycles. The fourth-order valence-electron chi connectivity index (χ4n) is 0.947. The van der Waals surface area contributed by atoms with Gasteiger partial charge in [0, 0.05) is 10.4 Å². The molecule has 1 atom stereocenters. The monoisotopic (exact) mass is 248 g/mol. The molecule has 12 heavy (non-hydrogen) atoms. The van der Waals surface area contributed by atoms with Crippen molar-refractivity contribution in [3.8, 4) is 0 Å². The highest BCUT2D eigenvalue weighted by Crippen LogP contribution is 2.12. The molecule has 0 amide bonds. The van der Waals surface area contributed by atoms with E-state index >= 15 is 0 Å². The molecular weight excluding hydrogens is 239 g/mol. The maximum Gasteiger partial charge on any atom is 0.0715 e. The van der Waals surface area contributed by atoms with Crippen molar-refractivity contribution >= 4 is 27.5 Å². The molecule has 3 heteroatoms. The molecule has 1 aromatic rings. The van der Waals surface area contributed by atoms with Gasteiger partial charge in [-0.25, -0.2) is 0 Å². The van der Waals surface area contributed by atoms with Gasteiger partial charge in [0.15, 0.2) is 0 Å². The first kappa shape index (κ1) is 10.0. The van der Waals surface area contributed by atoms with Crippen LogP contribution in [0.25, 0.3) is 0 Å². The van der Waals surface area contributed by atoms with Crippen LogP contribution >= 0.6 is 27.5 Å². The van der Waals surface area contributed by atoms with Crippen LogP contribution in [0.4, 0.5) is 0 Å². The molecule has 1 N–H and O–H groups in total. The molecule has 0 radical (unpaired) electrons. The Bertz CT molecular complexity index is 235. The van der Waals surface area contributed by atoms with Gasteiger partial charge in [-0.2, -0.15) is 0 Å². The zero-order valence-electron chi connectivity index (χ0n) is 6.50. The summed E-state index contributed by atoms with van der Waals surface area (Å²) in [6.45, 7) is 0. The summed E-state index contributed by atoms with van der Waals surface area (Å²) in [5.74, 6) is 0.288. The molecule has 0 spiro atoms. The van der Waals surface area contributed by atoms with E-state index in [0.717, 1.165) is 10.0 Å². The Hall–Kier alpha value is -0.0500. The number of hydrogen-bond donors (Lipinski definition) is 1. The topological polar surface area (TPSA) is 20.2 Å². The van der Waals surface area contributed by atoms with Crippen LogP contribution in [0, 0.1) is 0 Å². The Morgan fingerprint density at radius 2 is 1.92 bits per heavy atom. The van der Waals surface area contributed by atoms with Crippen molar-refractivity contribution in [2.75, 3.05) is 5.88 Å². The zero-order chi connectivity index (χ0) is 8.97. The Morgan fingerprint density at radius 1 is 1.33 bits per heavy atom. The van der Waals surface area contributed by atoms with Gasteiger partial charge in [0.25, 0.3) is 0 Å². The normalized spacial score (nSPS) is 12.9. The summed E-state index contributed by atoms with van der Waals surface area (Å²) in [5, 5.41) is 9.24. The minimum Gasteiger partial charge on any atom is -0.392 e. The molecule has 0 bridgehead atoms. The molecule has 66 valence electrons. The summed E-state index contributed by atoms with van der Waals surface area (Å²) >= 11 is 8.81. The van der Waals surface area contributed by atoms with Crippen LogP contribution in [0.1, 0.15) is 5.56 Å². The van der Waals surface area contributed by atoms with Crippen molar-refractivity contribution in [3.63, 3.8) is 0 Å². The van der Waals surface area contributed by atoms with Gasteiger partial charge in [0.2, 0.25) is 0 Å². The first-order chi connectivity index (χ1) is 5.72. The average molecular weight is 250 g/mol. The summed E-state index contributed by atoms with van der Waals surface area (Å²) in [7, 11) is 0. The van der Waals surface area contributed by atoms with E-state index in [1.807, 2.05) is 24.3 Å². The SMILES string of the molecule is O[C@@H](CCl)Cc1ccc(Br)cc1. The average Bonchev–Trinajstić information content (AvgIpc) is 2.09. The van der Waals surface area contributed by atoms with Crippen LogP contribution in [-0.4, -0.2) is 17.1 Å². The highest BCUT2D eigenvalue weighted by molar-refractivity contribution is 9.10. The van der Waals surface area contributed by atoms with Gasteiger partial charge in [0.1, 0.15) is 0 Å². The molecule has 1 nitrogen and oxygen atoms in total. The van der Waals surface area contributed by atoms with E-state index in [-0.39, 0.29) is 5.88 Å². The summed E-state index contributed by atoms with van der Waals surface area (Å²) in [6.07, 6.45) is 0.185. The lowest BCUT2D eigenvalue weighted by molar-refractivity contribution is 0.199. The van der Waals surface area contributed by atoms with Gasteiger partial charge >= 0.3 is 0 Å². The lowest BCUT2D eigenvalue weighted by atomic mass is 10.1. The largest absolute Gasteiger partial charge is 0.392 e. The zero-order valence-corrected chi connectivity index (χ0v) is 8.85. The van der Waals surface area contributed by atoms with Crippen molar-refractivity contribution < 1.29 is 5.11 Å². The Kier molecular flexibility index (Phi) is 4.06. The Labute approximate surface area is 85.5 Å². The maximum absolute atomic E-state index is 9.24. The van der Waals surface area contributed by atoms with Crippen molar-refractivity contribution in [1.29, 1.82) is 0 Å². The molecule has 0 saturated carbocycles. The fourth-order valence-corrected chi connectivity index (χ4v) is 1.32. The third-order valence-electron chi connectivity index (χ3n) is 1.56. The number of alkyl halides is 1. The number of aliphatic hydroxyl groups excluding tert-OH is 1. The molecule has 0 unspecified atom stereocenters. The number of benzene rings is 1. The first-order valence-corrected chi connectivity index (χ1v) is 5.03. The predicted octanol–water partition coefficient (Wildman–Crippen LogP) is 2.59. The number of aliphatic hydroxyl groups is 1. The quantitative estimate of drug-likeness (QED) is 0.817. The highest BCUT2D eigenvalue weighted by Gasteiger charge is 2.02.